The molecule has 0 spiro atoms. The van der Waals surface area contributed by atoms with Crippen molar-refractivity contribution in [3.05, 3.63) is 97.3 Å². The molecule has 1 fully saturated rings. The number of aromatic nitrogens is 3. The summed E-state index contributed by atoms with van der Waals surface area (Å²) in [5.41, 5.74) is 4.08. The lowest BCUT2D eigenvalue weighted by Crippen LogP contribution is -2.40. The van der Waals surface area contributed by atoms with Gasteiger partial charge in [0.15, 0.2) is 0 Å². The summed E-state index contributed by atoms with van der Waals surface area (Å²) in [6.07, 6.45) is 2.45. The molecule has 10 heteroatoms. The van der Waals surface area contributed by atoms with E-state index in [1.807, 2.05) is 43.3 Å². The largest absolute Gasteiger partial charge is 0.481 e. The van der Waals surface area contributed by atoms with Gasteiger partial charge in [-0.25, -0.2) is 9.78 Å². The van der Waals surface area contributed by atoms with Gasteiger partial charge in [-0.2, -0.15) is 0 Å². The molecule has 0 radical (unpaired) electrons. The van der Waals surface area contributed by atoms with E-state index in [-0.39, 0.29) is 5.56 Å². The van der Waals surface area contributed by atoms with Gasteiger partial charge in [0.2, 0.25) is 5.88 Å². The van der Waals surface area contributed by atoms with Crippen LogP contribution in [-0.2, 0) is 20.6 Å². The monoisotopic (exact) mass is 587 g/mol. The predicted molar refractivity (Wildman–Crippen MR) is 165 cm³/mol. The molecule has 5 rings (SSSR count). The molecule has 1 aliphatic rings. The molecule has 1 unspecified atom stereocenters. The Labute approximate surface area is 249 Å². The summed E-state index contributed by atoms with van der Waals surface area (Å²) in [5.74, 6) is 0.672. The van der Waals surface area contributed by atoms with Crippen LogP contribution in [0.2, 0.25) is 5.02 Å². The number of rotatable bonds is 7. The van der Waals surface area contributed by atoms with E-state index < -0.39 is 17.2 Å². The van der Waals surface area contributed by atoms with Gasteiger partial charge in [0.1, 0.15) is 5.56 Å². The van der Waals surface area contributed by atoms with Gasteiger partial charge in [0, 0.05) is 55.8 Å². The molecular weight excluding hydrogens is 554 g/mol. The van der Waals surface area contributed by atoms with Crippen LogP contribution in [0.4, 0.5) is 5.69 Å². The zero-order valence-corrected chi connectivity index (χ0v) is 25.2. The molecule has 2 aromatic carbocycles. The van der Waals surface area contributed by atoms with Gasteiger partial charge in [-0.3, -0.25) is 19.1 Å². The second-order valence-corrected chi connectivity index (χ2v) is 11.3. The molecule has 0 saturated carbocycles. The smallest absolute Gasteiger partial charge is 0.330 e. The third-order valence-electron chi connectivity index (χ3n) is 7.87. The summed E-state index contributed by atoms with van der Waals surface area (Å²) in [6.45, 7) is 7.08. The summed E-state index contributed by atoms with van der Waals surface area (Å²) < 4.78 is 7.78. The normalized spacial score (nSPS) is 15.1. The van der Waals surface area contributed by atoms with Crippen molar-refractivity contribution in [3.63, 3.8) is 0 Å². The number of benzene rings is 2. The Morgan fingerprint density at radius 1 is 1.07 bits per heavy atom. The van der Waals surface area contributed by atoms with Crippen LogP contribution in [0.15, 0.2) is 64.3 Å². The van der Waals surface area contributed by atoms with E-state index in [2.05, 4.69) is 23.2 Å². The highest BCUT2D eigenvalue weighted by Crippen LogP contribution is 2.39. The van der Waals surface area contributed by atoms with Crippen LogP contribution in [0, 0.1) is 12.8 Å². The standard InChI is InChI=1S/C32H34ClN5O4/c1-19-14-15-38(16-19)17-21-12-13-27(35-30(21)42-5)24-10-6-9-23(28(24)33)22-8-7-11-26(20(22)2)34-29(39)25-18-36(3)32(41)37(4)31(25)40/h6-13,18-19H,14-17H2,1-5H3,(H,34,39). The first-order valence-electron chi connectivity index (χ1n) is 13.8. The molecular formula is C32H34ClN5O4. The number of halogens is 1. The highest BCUT2D eigenvalue weighted by Gasteiger charge is 2.22. The molecule has 3 heterocycles. The molecule has 1 atom stereocenters. The van der Waals surface area contributed by atoms with Crippen LogP contribution in [0.1, 0.15) is 34.8 Å². The maximum absolute atomic E-state index is 13.1. The van der Waals surface area contributed by atoms with Crippen molar-refractivity contribution < 1.29 is 9.53 Å². The minimum Gasteiger partial charge on any atom is -0.481 e. The Balaban J connectivity index is 1.46. The quantitative estimate of drug-likeness (QED) is 0.331. The lowest BCUT2D eigenvalue weighted by Gasteiger charge is -2.18. The fraction of sp³-hybridized carbons (Fsp3) is 0.312. The van der Waals surface area contributed by atoms with Crippen molar-refractivity contribution in [2.24, 2.45) is 20.0 Å². The molecule has 1 amide bonds. The summed E-state index contributed by atoms with van der Waals surface area (Å²) in [6, 6.07) is 15.3. The molecule has 1 aliphatic heterocycles. The number of hydrogen-bond acceptors (Lipinski definition) is 6. The lowest BCUT2D eigenvalue weighted by molar-refractivity contribution is 0.102. The molecule has 42 heavy (non-hydrogen) atoms. The third kappa shape index (κ3) is 5.62. The maximum atomic E-state index is 13.1. The van der Waals surface area contributed by atoms with E-state index in [0.29, 0.717) is 28.2 Å². The van der Waals surface area contributed by atoms with Crippen molar-refractivity contribution >= 4 is 23.2 Å². The van der Waals surface area contributed by atoms with Crippen LogP contribution in [0.3, 0.4) is 0 Å². The fourth-order valence-electron chi connectivity index (χ4n) is 5.48. The number of likely N-dealkylation sites (tertiary alicyclic amines) is 1. The van der Waals surface area contributed by atoms with Gasteiger partial charge in [0.25, 0.3) is 11.5 Å². The SMILES string of the molecule is COc1nc(-c2cccc(-c3cccc(NC(=O)c4cn(C)c(=O)n(C)c4=O)c3C)c2Cl)ccc1CN1CCC(C)C1. The van der Waals surface area contributed by atoms with E-state index in [1.165, 1.54) is 31.3 Å². The van der Waals surface area contributed by atoms with Gasteiger partial charge in [-0.15, -0.1) is 0 Å². The van der Waals surface area contributed by atoms with E-state index in [1.54, 1.807) is 13.2 Å². The molecule has 2 aromatic heterocycles. The average Bonchev–Trinajstić information content (AvgIpc) is 3.39. The van der Waals surface area contributed by atoms with Gasteiger partial charge < -0.3 is 14.6 Å². The third-order valence-corrected chi connectivity index (χ3v) is 8.28. The van der Waals surface area contributed by atoms with E-state index in [0.717, 1.165) is 52.0 Å². The highest BCUT2D eigenvalue weighted by molar-refractivity contribution is 6.36. The summed E-state index contributed by atoms with van der Waals surface area (Å²) >= 11 is 7.01. The average molecular weight is 588 g/mol. The number of methoxy groups -OCH3 is 1. The molecule has 1 saturated heterocycles. The van der Waals surface area contributed by atoms with Crippen molar-refractivity contribution in [2.75, 3.05) is 25.5 Å². The Bertz CT molecular complexity index is 1800. The van der Waals surface area contributed by atoms with Gasteiger partial charge in [-0.1, -0.05) is 54.9 Å². The Morgan fingerprint density at radius 3 is 2.50 bits per heavy atom. The van der Waals surface area contributed by atoms with Crippen molar-refractivity contribution in [1.82, 2.24) is 19.0 Å². The van der Waals surface area contributed by atoms with Crippen LogP contribution < -0.4 is 21.3 Å². The van der Waals surface area contributed by atoms with E-state index in [4.69, 9.17) is 21.3 Å². The Kier molecular flexibility index (Phi) is 8.34. The van der Waals surface area contributed by atoms with Crippen molar-refractivity contribution in [3.8, 4) is 28.3 Å². The fourth-order valence-corrected chi connectivity index (χ4v) is 5.81. The molecule has 218 valence electrons. The summed E-state index contributed by atoms with van der Waals surface area (Å²) in [4.78, 5) is 44.9. The van der Waals surface area contributed by atoms with Gasteiger partial charge in [-0.05, 0) is 49.1 Å². The predicted octanol–water partition coefficient (Wildman–Crippen LogP) is 4.88. The number of amides is 1. The number of hydrogen-bond donors (Lipinski definition) is 1. The number of pyridine rings is 1. The molecule has 4 aromatic rings. The number of nitrogens with one attached hydrogen (secondary N) is 1. The number of carbonyl (C=O) groups is 1. The first-order chi connectivity index (χ1) is 20.1. The van der Waals surface area contributed by atoms with Crippen molar-refractivity contribution in [1.29, 1.82) is 0 Å². The number of anilines is 1. The van der Waals surface area contributed by atoms with Gasteiger partial charge >= 0.3 is 5.69 Å². The molecule has 1 N–H and O–H groups in total. The minimum absolute atomic E-state index is 0.132. The number of nitrogens with zero attached hydrogens (tertiary/aromatic N) is 4. The maximum Gasteiger partial charge on any atom is 0.330 e. The van der Waals surface area contributed by atoms with Crippen LogP contribution in [0.25, 0.3) is 22.4 Å². The van der Waals surface area contributed by atoms with E-state index in [9.17, 15) is 14.4 Å². The Morgan fingerprint density at radius 2 is 1.79 bits per heavy atom. The van der Waals surface area contributed by atoms with Crippen LogP contribution >= 0.6 is 11.6 Å². The molecule has 0 aliphatic carbocycles. The first-order valence-corrected chi connectivity index (χ1v) is 14.2. The summed E-state index contributed by atoms with van der Waals surface area (Å²) in [5, 5.41) is 3.35. The number of ether oxygens (including phenoxy) is 1. The number of carbonyl (C=O) groups excluding carboxylic acids is 1. The molecule has 9 nitrogen and oxygen atoms in total. The highest BCUT2D eigenvalue weighted by atomic mass is 35.5. The van der Waals surface area contributed by atoms with Crippen LogP contribution in [0.5, 0.6) is 5.88 Å². The Hall–Kier alpha value is -4.21. The van der Waals surface area contributed by atoms with E-state index >= 15 is 0 Å². The zero-order chi connectivity index (χ0) is 30.1. The first kappa shape index (κ1) is 29.3. The minimum atomic E-state index is -0.663. The second kappa shape index (κ2) is 12.0. The second-order valence-electron chi connectivity index (χ2n) is 10.9. The molecule has 0 bridgehead atoms. The topological polar surface area (TPSA) is 98.5 Å². The summed E-state index contributed by atoms with van der Waals surface area (Å²) in [7, 11) is 4.47. The van der Waals surface area contributed by atoms with Crippen LogP contribution in [-0.4, -0.2) is 45.1 Å². The van der Waals surface area contributed by atoms with Crippen molar-refractivity contribution in [2.45, 2.75) is 26.8 Å². The zero-order valence-electron chi connectivity index (χ0n) is 24.4. The lowest BCUT2D eigenvalue weighted by atomic mass is 9.96. The van der Waals surface area contributed by atoms with Gasteiger partial charge in [0.05, 0.1) is 17.8 Å². The number of aryl methyl sites for hydroxylation is 1.